The number of anilines is 2. The van der Waals surface area contributed by atoms with Crippen molar-refractivity contribution in [2.75, 3.05) is 10.3 Å². The molecule has 0 radical (unpaired) electrons. The lowest BCUT2D eigenvalue weighted by atomic mass is 10.1. The van der Waals surface area contributed by atoms with Crippen molar-refractivity contribution < 1.29 is 9.59 Å². The summed E-state index contributed by atoms with van der Waals surface area (Å²) in [5.74, 6) is -0.390. The number of hydrazone groups is 1. The highest BCUT2D eigenvalue weighted by molar-refractivity contribution is 6.44. The summed E-state index contributed by atoms with van der Waals surface area (Å²) in [6, 6.07) is 21.2. The van der Waals surface area contributed by atoms with Crippen LogP contribution in [0.1, 0.15) is 18.4 Å². The first kappa shape index (κ1) is 17.0. The predicted octanol–water partition coefficient (Wildman–Crippen LogP) is 4.27. The maximum Gasteiger partial charge on any atom is 0.271 e. The Balaban J connectivity index is 1.63. The minimum absolute atomic E-state index is 0.109. The van der Waals surface area contributed by atoms with Gasteiger partial charge in [-0.05, 0) is 36.1 Å². The van der Waals surface area contributed by atoms with Crippen LogP contribution in [-0.2, 0) is 9.59 Å². The van der Waals surface area contributed by atoms with Gasteiger partial charge in [-0.3, -0.25) is 9.59 Å². The van der Waals surface area contributed by atoms with Gasteiger partial charge in [0, 0.05) is 23.9 Å². The first-order valence-corrected chi connectivity index (χ1v) is 8.88. The zero-order chi connectivity index (χ0) is 18.8. The molecule has 5 nitrogen and oxygen atoms in total. The Kier molecular flexibility index (Phi) is 4.42. The molecule has 1 aliphatic heterocycles. The fraction of sp³-hybridized carbons (Fsp3) is 0.136. The predicted molar refractivity (Wildman–Crippen MR) is 108 cm³/mol. The van der Waals surface area contributed by atoms with Crippen LogP contribution in [0.5, 0.6) is 0 Å². The molecule has 5 heteroatoms. The van der Waals surface area contributed by atoms with Crippen LogP contribution in [0.15, 0.2) is 71.8 Å². The van der Waals surface area contributed by atoms with E-state index in [9.17, 15) is 9.59 Å². The first-order chi connectivity index (χ1) is 13.1. The molecule has 0 spiro atoms. The lowest BCUT2D eigenvalue weighted by molar-refractivity contribution is -0.118. The molecule has 0 bridgehead atoms. The van der Waals surface area contributed by atoms with Crippen LogP contribution in [-0.4, -0.2) is 17.5 Å². The molecule has 0 aromatic heterocycles. The molecule has 0 atom stereocenters. The Bertz CT molecular complexity index is 1070. The average Bonchev–Trinajstić information content (AvgIpc) is 2.68. The summed E-state index contributed by atoms with van der Waals surface area (Å²) in [4.78, 5) is 25.1. The molecule has 0 unspecified atom stereocenters. The van der Waals surface area contributed by atoms with Gasteiger partial charge in [0.05, 0.1) is 5.69 Å². The maximum atomic E-state index is 12.8. The minimum Gasteiger partial charge on any atom is -0.320 e. The number of fused-ring (bicyclic) bond motifs is 1. The van der Waals surface area contributed by atoms with Crippen LogP contribution >= 0.6 is 0 Å². The van der Waals surface area contributed by atoms with Gasteiger partial charge in [-0.1, -0.05) is 48.5 Å². The molecule has 1 N–H and O–H groups in total. The number of hydrogen-bond acceptors (Lipinski definition) is 3. The Morgan fingerprint density at radius 2 is 1.78 bits per heavy atom. The number of hydrogen-bond donors (Lipinski definition) is 1. The molecule has 0 fully saturated rings. The highest BCUT2D eigenvalue weighted by Gasteiger charge is 2.26. The third-order valence-corrected chi connectivity index (χ3v) is 4.58. The molecule has 1 heterocycles. The molecule has 27 heavy (non-hydrogen) atoms. The number of aryl methyl sites for hydroxylation is 1. The molecular weight excluding hydrogens is 338 g/mol. The zero-order valence-electron chi connectivity index (χ0n) is 15.0. The van der Waals surface area contributed by atoms with Gasteiger partial charge in [0.15, 0.2) is 0 Å². The second-order valence-corrected chi connectivity index (χ2v) is 6.57. The number of nitrogens with zero attached hydrogens (tertiary/aromatic N) is 2. The van der Waals surface area contributed by atoms with Crippen LogP contribution in [0, 0.1) is 6.92 Å². The van der Waals surface area contributed by atoms with Gasteiger partial charge in [-0.15, -0.1) is 0 Å². The van der Waals surface area contributed by atoms with E-state index >= 15 is 0 Å². The molecule has 2 amide bonds. The van der Waals surface area contributed by atoms with Crippen LogP contribution < -0.4 is 10.3 Å². The van der Waals surface area contributed by atoms with Gasteiger partial charge in [0.1, 0.15) is 5.71 Å². The summed E-state index contributed by atoms with van der Waals surface area (Å²) < 4.78 is 0. The fourth-order valence-electron chi connectivity index (χ4n) is 3.21. The van der Waals surface area contributed by atoms with E-state index in [1.54, 1.807) is 0 Å². The van der Waals surface area contributed by atoms with Crippen molar-refractivity contribution in [1.29, 1.82) is 0 Å². The molecule has 0 aliphatic carbocycles. The van der Waals surface area contributed by atoms with E-state index in [0.29, 0.717) is 17.8 Å². The molecule has 3 aromatic carbocycles. The summed E-state index contributed by atoms with van der Waals surface area (Å²) in [6.07, 6.45) is 0.591. The largest absolute Gasteiger partial charge is 0.320 e. The van der Waals surface area contributed by atoms with E-state index in [0.717, 1.165) is 22.0 Å². The maximum absolute atomic E-state index is 12.8. The molecule has 4 rings (SSSR count). The Morgan fingerprint density at radius 3 is 2.63 bits per heavy atom. The van der Waals surface area contributed by atoms with E-state index in [4.69, 9.17) is 0 Å². The van der Waals surface area contributed by atoms with E-state index in [-0.39, 0.29) is 18.2 Å². The van der Waals surface area contributed by atoms with Crippen LogP contribution in [0.2, 0.25) is 0 Å². The smallest absolute Gasteiger partial charge is 0.271 e. The lowest BCUT2D eigenvalue weighted by Gasteiger charge is -2.23. The second-order valence-electron chi connectivity index (χ2n) is 6.57. The van der Waals surface area contributed by atoms with Crippen molar-refractivity contribution in [2.24, 2.45) is 5.10 Å². The van der Waals surface area contributed by atoms with Crippen LogP contribution in [0.3, 0.4) is 0 Å². The summed E-state index contributed by atoms with van der Waals surface area (Å²) in [5, 5.41) is 10.6. The quantitative estimate of drug-likeness (QED) is 0.761. The molecule has 3 aromatic rings. The number of carbonyl (C=O) groups excluding carboxylic acids is 2. The van der Waals surface area contributed by atoms with Gasteiger partial charge in [0.25, 0.3) is 5.91 Å². The number of rotatable bonds is 3. The standard InChI is InChI=1S/C22H19N3O2/c1-15-6-4-9-17(14-15)25-21(26)13-12-20(24-25)22(27)23-19-11-5-8-16-7-2-3-10-18(16)19/h2-11,14H,12-13H2,1H3,(H,23,27). The van der Waals surface area contributed by atoms with Gasteiger partial charge in [-0.25, -0.2) is 5.01 Å². The number of nitrogens with one attached hydrogen (secondary N) is 1. The van der Waals surface area contributed by atoms with Crippen molar-refractivity contribution in [1.82, 2.24) is 0 Å². The lowest BCUT2D eigenvalue weighted by Crippen LogP contribution is -2.36. The van der Waals surface area contributed by atoms with E-state index in [1.165, 1.54) is 5.01 Å². The van der Waals surface area contributed by atoms with Gasteiger partial charge in [-0.2, -0.15) is 5.10 Å². The topological polar surface area (TPSA) is 61.8 Å². The summed E-state index contributed by atoms with van der Waals surface area (Å²) >= 11 is 0. The van der Waals surface area contributed by atoms with Crippen LogP contribution in [0.25, 0.3) is 10.8 Å². The molecule has 134 valence electrons. The highest BCUT2D eigenvalue weighted by atomic mass is 16.2. The fourth-order valence-corrected chi connectivity index (χ4v) is 3.21. The normalized spacial score (nSPS) is 14.2. The summed E-state index contributed by atoms with van der Waals surface area (Å²) in [7, 11) is 0. The third kappa shape index (κ3) is 3.44. The molecule has 1 aliphatic rings. The summed E-state index contributed by atoms with van der Waals surface area (Å²) in [5.41, 5.74) is 2.79. The van der Waals surface area contributed by atoms with Crippen molar-refractivity contribution in [3.8, 4) is 0 Å². The van der Waals surface area contributed by atoms with Crippen molar-refractivity contribution in [2.45, 2.75) is 19.8 Å². The third-order valence-electron chi connectivity index (χ3n) is 4.58. The molecular formula is C22H19N3O2. The van der Waals surface area contributed by atoms with E-state index in [1.807, 2.05) is 73.7 Å². The Hall–Kier alpha value is -3.47. The molecule has 0 saturated heterocycles. The minimum atomic E-state index is -0.281. The number of amides is 2. The Labute approximate surface area is 157 Å². The van der Waals surface area contributed by atoms with Crippen molar-refractivity contribution >= 4 is 39.7 Å². The van der Waals surface area contributed by atoms with Gasteiger partial charge >= 0.3 is 0 Å². The van der Waals surface area contributed by atoms with E-state index < -0.39 is 0 Å². The number of carbonyl (C=O) groups is 2. The SMILES string of the molecule is Cc1cccc(N2N=C(C(=O)Nc3cccc4ccccc34)CCC2=O)c1. The van der Waals surface area contributed by atoms with Crippen molar-refractivity contribution in [3.05, 3.63) is 72.3 Å². The van der Waals surface area contributed by atoms with Gasteiger partial charge < -0.3 is 5.32 Å². The highest BCUT2D eigenvalue weighted by Crippen LogP contribution is 2.24. The van der Waals surface area contributed by atoms with E-state index in [2.05, 4.69) is 10.4 Å². The average molecular weight is 357 g/mol. The zero-order valence-corrected chi connectivity index (χ0v) is 15.0. The monoisotopic (exact) mass is 357 g/mol. The Morgan fingerprint density at radius 1 is 1.00 bits per heavy atom. The van der Waals surface area contributed by atoms with Crippen molar-refractivity contribution in [3.63, 3.8) is 0 Å². The second kappa shape index (κ2) is 7.03. The number of benzene rings is 3. The summed E-state index contributed by atoms with van der Waals surface area (Å²) in [6.45, 7) is 1.95. The first-order valence-electron chi connectivity index (χ1n) is 8.88. The van der Waals surface area contributed by atoms with Crippen LogP contribution in [0.4, 0.5) is 11.4 Å². The van der Waals surface area contributed by atoms with Gasteiger partial charge in [0.2, 0.25) is 5.91 Å². The molecule has 0 saturated carbocycles.